The van der Waals surface area contributed by atoms with Crippen LogP contribution in [0.25, 0.3) is 0 Å². The third-order valence-electron chi connectivity index (χ3n) is 4.22. The molecule has 1 aromatic heterocycles. The van der Waals surface area contributed by atoms with Crippen molar-refractivity contribution in [1.29, 1.82) is 0 Å². The van der Waals surface area contributed by atoms with Crippen molar-refractivity contribution in [1.82, 2.24) is 15.6 Å². The van der Waals surface area contributed by atoms with Crippen molar-refractivity contribution >= 4 is 29.9 Å². The van der Waals surface area contributed by atoms with E-state index in [1.54, 1.807) is 7.05 Å². The number of ether oxygens (including phenoxy) is 1. The molecule has 0 saturated heterocycles. The number of aliphatic imine (C=N–C) groups is 1. The van der Waals surface area contributed by atoms with Crippen LogP contribution in [0.1, 0.15) is 16.8 Å². The number of guanidine groups is 1. The van der Waals surface area contributed by atoms with Crippen LogP contribution in [0.5, 0.6) is 5.75 Å². The molecule has 0 aliphatic heterocycles. The first kappa shape index (κ1) is 22.7. The third kappa shape index (κ3) is 8.11. The topological polar surface area (TPSA) is 58.5 Å². The molecule has 0 amide bonds. The average molecular weight is 502 g/mol. The summed E-state index contributed by atoms with van der Waals surface area (Å²) in [5.74, 6) is 1.66. The molecule has 0 unspecified atom stereocenters. The maximum absolute atomic E-state index is 5.83. The monoisotopic (exact) mass is 502 g/mol. The van der Waals surface area contributed by atoms with E-state index in [1.807, 2.05) is 54.7 Å². The van der Waals surface area contributed by atoms with Gasteiger partial charge in [0.1, 0.15) is 12.4 Å². The van der Waals surface area contributed by atoms with Gasteiger partial charge in [-0.2, -0.15) is 0 Å². The number of hydrogen-bond donors (Lipinski definition) is 2. The SMILES string of the molecule is CN=C(NCCc1ccccn1)NCc1cccc(COc2ccccc2)c1.I. The second-order valence-electron chi connectivity index (χ2n) is 6.35. The lowest BCUT2D eigenvalue weighted by atomic mass is 10.1. The zero-order chi connectivity index (χ0) is 19.4. The number of nitrogens with zero attached hydrogens (tertiary/aromatic N) is 2. The van der Waals surface area contributed by atoms with E-state index in [1.165, 1.54) is 5.56 Å². The second kappa shape index (κ2) is 12.8. The highest BCUT2D eigenvalue weighted by Gasteiger charge is 2.01. The highest BCUT2D eigenvalue weighted by atomic mass is 127. The van der Waals surface area contributed by atoms with E-state index in [-0.39, 0.29) is 24.0 Å². The van der Waals surface area contributed by atoms with Gasteiger partial charge in [0.05, 0.1) is 0 Å². The molecule has 29 heavy (non-hydrogen) atoms. The first-order valence-corrected chi connectivity index (χ1v) is 9.43. The number of halogens is 1. The highest BCUT2D eigenvalue weighted by Crippen LogP contribution is 2.12. The molecule has 6 heteroatoms. The number of benzene rings is 2. The normalized spacial score (nSPS) is 10.7. The van der Waals surface area contributed by atoms with E-state index < -0.39 is 0 Å². The van der Waals surface area contributed by atoms with Gasteiger partial charge in [-0.05, 0) is 35.4 Å². The van der Waals surface area contributed by atoms with Crippen LogP contribution in [-0.4, -0.2) is 24.5 Å². The lowest BCUT2D eigenvalue weighted by Crippen LogP contribution is -2.37. The molecule has 0 fully saturated rings. The van der Waals surface area contributed by atoms with Crippen molar-refractivity contribution in [3.63, 3.8) is 0 Å². The Labute approximate surface area is 189 Å². The number of nitrogens with one attached hydrogen (secondary N) is 2. The number of rotatable bonds is 8. The van der Waals surface area contributed by atoms with Gasteiger partial charge in [0.25, 0.3) is 0 Å². The molecule has 3 rings (SSSR count). The maximum Gasteiger partial charge on any atom is 0.191 e. The van der Waals surface area contributed by atoms with Gasteiger partial charge >= 0.3 is 0 Å². The Kier molecular flexibility index (Phi) is 9.99. The van der Waals surface area contributed by atoms with Gasteiger partial charge < -0.3 is 15.4 Å². The standard InChI is InChI=1S/C23H26N4O.HI/c1-24-23(26-15-13-21-10-5-6-14-25-21)27-17-19-8-7-9-20(16-19)18-28-22-11-3-2-4-12-22;/h2-12,14,16H,13,15,17-18H2,1H3,(H2,24,26,27);1H. The van der Waals surface area contributed by atoms with Gasteiger partial charge in [0, 0.05) is 38.4 Å². The van der Waals surface area contributed by atoms with Gasteiger partial charge in [0.2, 0.25) is 0 Å². The predicted octanol–water partition coefficient (Wildman–Crippen LogP) is 4.19. The molecule has 5 nitrogen and oxygen atoms in total. The van der Waals surface area contributed by atoms with Crippen molar-refractivity contribution in [2.75, 3.05) is 13.6 Å². The van der Waals surface area contributed by atoms with Crippen molar-refractivity contribution in [3.05, 3.63) is 95.8 Å². The molecule has 0 aliphatic carbocycles. The largest absolute Gasteiger partial charge is 0.489 e. The Balaban J connectivity index is 0.00000300. The minimum atomic E-state index is 0. The molecule has 2 N–H and O–H groups in total. The van der Waals surface area contributed by atoms with E-state index in [0.717, 1.165) is 35.9 Å². The van der Waals surface area contributed by atoms with Crippen LogP contribution in [0.3, 0.4) is 0 Å². The van der Waals surface area contributed by atoms with E-state index in [0.29, 0.717) is 13.2 Å². The number of aromatic nitrogens is 1. The smallest absolute Gasteiger partial charge is 0.191 e. The molecule has 0 saturated carbocycles. The Hall–Kier alpha value is -2.61. The van der Waals surface area contributed by atoms with E-state index in [9.17, 15) is 0 Å². The molecule has 0 spiro atoms. The summed E-state index contributed by atoms with van der Waals surface area (Å²) in [4.78, 5) is 8.61. The molecule has 152 valence electrons. The van der Waals surface area contributed by atoms with Gasteiger partial charge in [-0.3, -0.25) is 9.98 Å². The molecule has 0 aliphatic rings. The first-order valence-electron chi connectivity index (χ1n) is 9.43. The Morgan fingerprint density at radius 2 is 1.72 bits per heavy atom. The van der Waals surface area contributed by atoms with Crippen molar-refractivity contribution < 1.29 is 4.74 Å². The minimum Gasteiger partial charge on any atom is -0.489 e. The molecule has 1 heterocycles. The lowest BCUT2D eigenvalue weighted by Gasteiger charge is -2.13. The summed E-state index contributed by atoms with van der Waals surface area (Å²) in [6.45, 7) is 2.03. The zero-order valence-electron chi connectivity index (χ0n) is 16.5. The maximum atomic E-state index is 5.83. The van der Waals surface area contributed by atoms with E-state index >= 15 is 0 Å². The van der Waals surface area contributed by atoms with Crippen LogP contribution in [0.4, 0.5) is 0 Å². The number of hydrogen-bond acceptors (Lipinski definition) is 3. The van der Waals surface area contributed by atoms with Gasteiger partial charge in [-0.1, -0.05) is 48.5 Å². The Morgan fingerprint density at radius 3 is 2.48 bits per heavy atom. The first-order chi connectivity index (χ1) is 13.8. The summed E-state index contributed by atoms with van der Waals surface area (Å²) in [5.41, 5.74) is 3.39. The molecule has 0 atom stereocenters. The summed E-state index contributed by atoms with van der Waals surface area (Å²) in [6.07, 6.45) is 2.67. The molecular formula is C23H27IN4O. The second-order valence-corrected chi connectivity index (χ2v) is 6.35. The Morgan fingerprint density at radius 1 is 0.931 bits per heavy atom. The fourth-order valence-electron chi connectivity index (χ4n) is 2.77. The van der Waals surface area contributed by atoms with Gasteiger partial charge in [-0.25, -0.2) is 0 Å². The summed E-state index contributed by atoms with van der Waals surface area (Å²) in [5, 5.41) is 6.67. The van der Waals surface area contributed by atoms with Gasteiger partial charge in [0.15, 0.2) is 5.96 Å². The fourth-order valence-corrected chi connectivity index (χ4v) is 2.77. The van der Waals surface area contributed by atoms with Crippen LogP contribution >= 0.6 is 24.0 Å². The summed E-state index contributed by atoms with van der Waals surface area (Å²) in [7, 11) is 1.78. The lowest BCUT2D eigenvalue weighted by molar-refractivity contribution is 0.306. The van der Waals surface area contributed by atoms with Crippen LogP contribution in [0.15, 0.2) is 84.0 Å². The van der Waals surface area contributed by atoms with Gasteiger partial charge in [-0.15, -0.1) is 24.0 Å². The van der Waals surface area contributed by atoms with Crippen LogP contribution < -0.4 is 15.4 Å². The quantitative estimate of drug-likeness (QED) is 0.276. The number of para-hydroxylation sites is 1. The van der Waals surface area contributed by atoms with E-state index in [4.69, 9.17) is 4.74 Å². The van der Waals surface area contributed by atoms with Crippen molar-refractivity contribution in [2.45, 2.75) is 19.6 Å². The molecular weight excluding hydrogens is 475 g/mol. The van der Waals surface area contributed by atoms with E-state index in [2.05, 4.69) is 44.9 Å². The minimum absolute atomic E-state index is 0. The van der Waals surface area contributed by atoms with Crippen molar-refractivity contribution in [2.24, 2.45) is 4.99 Å². The molecule has 0 bridgehead atoms. The van der Waals surface area contributed by atoms with Crippen LogP contribution in [-0.2, 0) is 19.6 Å². The molecule has 2 aromatic carbocycles. The Bertz CT molecular complexity index is 872. The third-order valence-corrected chi connectivity index (χ3v) is 4.22. The average Bonchev–Trinajstić information content (AvgIpc) is 2.76. The highest BCUT2D eigenvalue weighted by molar-refractivity contribution is 14.0. The molecule has 0 radical (unpaired) electrons. The number of pyridine rings is 1. The summed E-state index contributed by atoms with van der Waals surface area (Å²) < 4.78 is 5.83. The predicted molar refractivity (Wildman–Crippen MR) is 129 cm³/mol. The van der Waals surface area contributed by atoms with Crippen LogP contribution in [0.2, 0.25) is 0 Å². The summed E-state index contributed by atoms with van der Waals surface area (Å²) in [6, 6.07) is 24.2. The molecule has 3 aromatic rings. The zero-order valence-corrected chi connectivity index (χ0v) is 18.9. The van der Waals surface area contributed by atoms with Crippen molar-refractivity contribution in [3.8, 4) is 5.75 Å². The van der Waals surface area contributed by atoms with Crippen LogP contribution in [0, 0.1) is 0 Å². The summed E-state index contributed by atoms with van der Waals surface area (Å²) >= 11 is 0. The fraction of sp³-hybridized carbons (Fsp3) is 0.217.